The molecule has 9 atom stereocenters. The summed E-state index contributed by atoms with van der Waals surface area (Å²) in [4.78, 5) is 42.6. The highest BCUT2D eigenvalue weighted by Crippen LogP contribution is 2.55. The number of ether oxygens (including phenoxy) is 4. The number of carbonyl (C=O) groups is 3. The number of benzene rings is 2. The lowest BCUT2D eigenvalue weighted by Gasteiger charge is -2.38. The lowest BCUT2D eigenvalue weighted by atomic mass is 9.78. The van der Waals surface area contributed by atoms with Crippen molar-refractivity contribution in [3.05, 3.63) is 52.8 Å². The molecule has 5 bridgehead atoms. The predicted octanol–water partition coefficient (Wildman–Crippen LogP) is 4.34. The van der Waals surface area contributed by atoms with Crippen LogP contribution in [0.3, 0.4) is 0 Å². The molecule has 0 aromatic heterocycles. The number of allylic oxidation sites excluding steroid dienone is 2. The van der Waals surface area contributed by atoms with Gasteiger partial charge in [-0.1, -0.05) is 45.9 Å². The molecule has 2 aromatic carbocycles. The normalized spacial score (nSPS) is 30.1. The minimum atomic E-state index is -2.04. The Morgan fingerprint density at radius 1 is 0.949 bits per heavy atom. The summed E-state index contributed by atoms with van der Waals surface area (Å²) in [5, 5.41) is 66.8. The molecule has 4 aliphatic rings. The number of esters is 1. The molecule has 1 saturated heterocycles. The Bertz CT molecular complexity index is 2070. The fourth-order valence-corrected chi connectivity index (χ4v) is 7.92. The molecule has 59 heavy (non-hydrogen) atoms. The first-order chi connectivity index (χ1) is 27.7. The van der Waals surface area contributed by atoms with Crippen LogP contribution in [-0.4, -0.2) is 130 Å². The summed E-state index contributed by atoms with van der Waals surface area (Å²) >= 11 is 0. The van der Waals surface area contributed by atoms with Gasteiger partial charge in [0, 0.05) is 87.3 Å². The first-order valence-electron chi connectivity index (χ1n) is 19.8. The molecule has 16 nitrogen and oxygen atoms in total. The first-order valence-corrected chi connectivity index (χ1v) is 19.8. The zero-order valence-corrected chi connectivity index (χ0v) is 35.3. The molecule has 6 rings (SSSR count). The third kappa shape index (κ3) is 8.91. The number of hydrogen-bond acceptors (Lipinski definition) is 15. The van der Waals surface area contributed by atoms with Gasteiger partial charge in [-0.15, -0.1) is 0 Å². The molecule has 4 aliphatic heterocycles. The number of fused-ring (bicyclic) bond motifs is 14. The van der Waals surface area contributed by atoms with Gasteiger partial charge in [-0.2, -0.15) is 5.10 Å². The lowest BCUT2D eigenvalue weighted by molar-refractivity contribution is -0.160. The Balaban J connectivity index is 1.70. The molecule has 6 N–H and O–H groups in total. The van der Waals surface area contributed by atoms with Gasteiger partial charge in [0.05, 0.1) is 53.0 Å². The molecule has 0 radical (unpaired) electrons. The average Bonchev–Trinajstić information content (AvgIpc) is 3.46. The van der Waals surface area contributed by atoms with Crippen LogP contribution >= 0.6 is 0 Å². The number of methoxy groups -OCH3 is 1. The third-order valence-electron chi connectivity index (χ3n) is 11.9. The van der Waals surface area contributed by atoms with E-state index in [1.807, 2.05) is 7.05 Å². The van der Waals surface area contributed by atoms with E-state index in [1.165, 1.54) is 59.4 Å². The molecular weight excluding hydrogens is 764 g/mol. The number of phenolic OH excluding ortho intramolecular Hbond substituents is 3. The van der Waals surface area contributed by atoms with Crippen LogP contribution in [0.25, 0.3) is 10.8 Å². The van der Waals surface area contributed by atoms with Gasteiger partial charge >= 0.3 is 11.8 Å². The monoisotopic (exact) mass is 822 g/mol. The van der Waals surface area contributed by atoms with Gasteiger partial charge in [-0.3, -0.25) is 19.4 Å². The molecular formula is C43H58N4O12. The number of amides is 1. The van der Waals surface area contributed by atoms with Crippen LogP contribution in [0.4, 0.5) is 5.69 Å². The maximum atomic E-state index is 14.4. The van der Waals surface area contributed by atoms with E-state index in [0.29, 0.717) is 13.1 Å². The topological polar surface area (TPSA) is 220 Å². The van der Waals surface area contributed by atoms with Crippen molar-refractivity contribution in [1.82, 2.24) is 9.91 Å². The summed E-state index contributed by atoms with van der Waals surface area (Å²) in [7, 11) is 3.42. The first kappa shape index (κ1) is 44.9. The molecule has 2 aromatic rings. The number of rotatable bonds is 4. The van der Waals surface area contributed by atoms with Crippen molar-refractivity contribution in [3.63, 3.8) is 0 Å². The number of Topliss-reactive ketones (excluding diaryl/α,β-unsaturated/α-hetero) is 1. The highest BCUT2D eigenvalue weighted by Gasteiger charge is 2.50. The number of anilines is 1. The van der Waals surface area contributed by atoms with E-state index in [-0.39, 0.29) is 44.5 Å². The Labute approximate surface area is 344 Å². The van der Waals surface area contributed by atoms with E-state index in [1.54, 1.807) is 44.9 Å². The van der Waals surface area contributed by atoms with Crippen molar-refractivity contribution >= 4 is 40.3 Å². The molecule has 4 heterocycles. The van der Waals surface area contributed by atoms with Gasteiger partial charge in [-0.25, -0.2) is 0 Å². The Morgan fingerprint density at radius 2 is 1.61 bits per heavy atom. The minimum Gasteiger partial charge on any atom is -0.507 e. The Hall–Kier alpha value is -5.16. The summed E-state index contributed by atoms with van der Waals surface area (Å²) < 4.78 is 23.6. The van der Waals surface area contributed by atoms with Crippen LogP contribution in [0.15, 0.2) is 41.2 Å². The highest BCUT2D eigenvalue weighted by atomic mass is 16.7. The van der Waals surface area contributed by atoms with Gasteiger partial charge in [0.25, 0.3) is 11.7 Å². The second-order valence-electron chi connectivity index (χ2n) is 16.1. The van der Waals surface area contributed by atoms with Crippen molar-refractivity contribution in [2.24, 2.45) is 28.8 Å². The number of phenols is 3. The zero-order chi connectivity index (χ0) is 43.7. The van der Waals surface area contributed by atoms with Crippen LogP contribution in [0.2, 0.25) is 0 Å². The summed E-state index contributed by atoms with van der Waals surface area (Å²) in [6.45, 7) is 15.1. The predicted molar refractivity (Wildman–Crippen MR) is 220 cm³/mol. The molecule has 0 saturated carbocycles. The summed E-state index contributed by atoms with van der Waals surface area (Å²) in [5.41, 5.74) is -0.350. The van der Waals surface area contributed by atoms with Crippen molar-refractivity contribution in [2.75, 3.05) is 45.7 Å². The van der Waals surface area contributed by atoms with Crippen molar-refractivity contribution in [3.8, 4) is 23.0 Å². The second-order valence-corrected chi connectivity index (χ2v) is 16.1. The second kappa shape index (κ2) is 18.0. The average molecular weight is 823 g/mol. The quantitative estimate of drug-likeness (QED) is 0.109. The molecule has 1 fully saturated rings. The largest absolute Gasteiger partial charge is 0.507 e. The maximum absolute atomic E-state index is 14.4. The molecule has 1 amide bonds. The summed E-state index contributed by atoms with van der Waals surface area (Å²) in [6, 6.07) is 0. The van der Waals surface area contributed by atoms with Gasteiger partial charge < -0.3 is 54.7 Å². The van der Waals surface area contributed by atoms with E-state index >= 15 is 0 Å². The van der Waals surface area contributed by atoms with E-state index in [2.05, 4.69) is 15.3 Å². The lowest BCUT2D eigenvalue weighted by Crippen LogP contribution is -2.46. The van der Waals surface area contributed by atoms with Crippen LogP contribution in [0.5, 0.6) is 23.0 Å². The van der Waals surface area contributed by atoms with Crippen LogP contribution < -0.4 is 10.1 Å². The number of aromatic hydroxyl groups is 3. The van der Waals surface area contributed by atoms with Gasteiger partial charge in [0.15, 0.2) is 5.75 Å². The van der Waals surface area contributed by atoms with Gasteiger partial charge in [-0.05, 0) is 27.0 Å². The minimum absolute atomic E-state index is 0.0559. The standard InChI is InChI=1S/C43H58N4O12/c1-21-12-11-13-22(2)42(55)45-33-28(20-44-47-17-15-46(9)16-18-47)37(52)30-31(38(33)53)36(51)26(6)40-32(30)41(54)43(8,59-40)57-19-14-29(56-10)23(3)39(58-27(7)48)25(5)35(50)24(4)34(21)49/h11-14,19-21,23-25,29,34-35,39,49-53H,15-18H2,1-10H3,(H,45,55)/t21-,23+,24+,25+,29-,34-,35+,39?,43-/m0/s1. The Morgan fingerprint density at radius 3 is 2.24 bits per heavy atom. The third-order valence-corrected chi connectivity index (χ3v) is 11.9. The van der Waals surface area contributed by atoms with E-state index in [0.717, 1.165) is 13.1 Å². The van der Waals surface area contributed by atoms with Crippen LogP contribution in [-0.2, 0) is 23.8 Å². The Kier molecular flexibility index (Phi) is 13.7. The van der Waals surface area contributed by atoms with Crippen molar-refractivity contribution in [1.29, 1.82) is 0 Å². The fraction of sp³-hybridized carbons (Fsp3) is 0.535. The zero-order valence-electron chi connectivity index (χ0n) is 35.3. The van der Waals surface area contributed by atoms with Gasteiger partial charge in [0.2, 0.25) is 0 Å². The number of nitrogens with one attached hydrogen (secondary N) is 1. The maximum Gasteiger partial charge on any atom is 0.312 e. The van der Waals surface area contributed by atoms with E-state index in [9.17, 15) is 39.9 Å². The van der Waals surface area contributed by atoms with E-state index in [4.69, 9.17) is 18.9 Å². The number of hydrogen-bond donors (Lipinski definition) is 6. The van der Waals surface area contributed by atoms with Crippen molar-refractivity contribution in [2.45, 2.75) is 85.6 Å². The smallest absolute Gasteiger partial charge is 0.312 e. The molecule has 0 aliphatic carbocycles. The number of aliphatic hydroxyl groups is 2. The number of likely N-dealkylation sites (N-methyl/N-ethyl adjacent to an activating group) is 1. The van der Waals surface area contributed by atoms with Crippen LogP contribution in [0, 0.1) is 30.6 Å². The SMILES string of the molecule is CO[C@H]1C=CO[C@@]2(C)Oc3c(C)c(O)c4c(O)c(c(C=NN5CCN(C)CC5)c(O)c4c3C2=O)NC(=O)C(C)=CC=C[C@H](C)[C@H](O)[C@@H](C)[C@@H](O)[C@@H](C)C(OC(C)=O)[C@@H]1C. The van der Waals surface area contributed by atoms with Gasteiger partial charge in [0.1, 0.15) is 23.4 Å². The molecule has 322 valence electrons. The van der Waals surface area contributed by atoms with E-state index < -0.39 is 88.8 Å². The molecule has 0 spiro atoms. The number of hydrazone groups is 1. The fourth-order valence-electron chi connectivity index (χ4n) is 7.92. The number of ketones is 1. The number of aliphatic hydroxyl groups excluding tert-OH is 2. The molecule has 16 heteroatoms. The number of nitrogens with zero attached hydrogens (tertiary/aromatic N) is 3. The number of piperazine rings is 1. The summed E-state index contributed by atoms with van der Waals surface area (Å²) in [5.74, 6) is -8.34. The van der Waals surface area contributed by atoms with Crippen molar-refractivity contribution < 1.29 is 58.9 Å². The van der Waals surface area contributed by atoms with Crippen LogP contribution in [0.1, 0.15) is 70.0 Å². The summed E-state index contributed by atoms with van der Waals surface area (Å²) in [6.07, 6.45) is 4.86. The molecule has 1 unspecified atom stereocenters. The number of carbonyl (C=O) groups excluding carboxylic acids is 3. The highest BCUT2D eigenvalue weighted by molar-refractivity contribution is 6.23.